The molecule has 1 heterocycles. The number of hydrogen-bond acceptors (Lipinski definition) is 3. The van der Waals surface area contributed by atoms with Crippen LogP contribution in [0.25, 0.3) is 0 Å². The van der Waals surface area contributed by atoms with E-state index in [1.165, 1.54) is 23.3 Å². The number of carbonyl (C=O) groups is 1. The number of halogens is 2. The first-order valence-electron chi connectivity index (χ1n) is 9.84. The monoisotopic (exact) mass is 403 g/mol. The van der Waals surface area contributed by atoms with Crippen LogP contribution in [-0.2, 0) is 13.1 Å². The lowest BCUT2D eigenvalue weighted by atomic mass is 10.0. The number of amides is 2. The van der Waals surface area contributed by atoms with Gasteiger partial charge in [-0.2, -0.15) is 8.78 Å². The van der Waals surface area contributed by atoms with Crippen LogP contribution < -0.4 is 15.4 Å². The molecule has 0 spiro atoms. The van der Waals surface area contributed by atoms with Crippen LogP contribution in [0.3, 0.4) is 0 Å². The molecule has 1 saturated heterocycles. The Kier molecular flexibility index (Phi) is 7.41. The minimum Gasteiger partial charge on any atom is -0.435 e. The van der Waals surface area contributed by atoms with Gasteiger partial charge < -0.3 is 15.4 Å². The van der Waals surface area contributed by atoms with Crippen LogP contribution in [0.5, 0.6) is 5.75 Å². The van der Waals surface area contributed by atoms with Crippen molar-refractivity contribution >= 4 is 6.03 Å². The summed E-state index contributed by atoms with van der Waals surface area (Å²) in [7, 11) is 0. The SMILES string of the molecule is Cc1ccccc1CN1CCC(NC(=O)NCc2ccc(OC(F)F)cc2)CC1. The topological polar surface area (TPSA) is 53.6 Å². The first kappa shape index (κ1) is 21.0. The van der Waals surface area contributed by atoms with E-state index in [0.29, 0.717) is 6.54 Å². The van der Waals surface area contributed by atoms with Gasteiger partial charge in [0.05, 0.1) is 0 Å². The van der Waals surface area contributed by atoms with Gasteiger partial charge in [-0.25, -0.2) is 4.79 Å². The third kappa shape index (κ3) is 6.71. The molecule has 2 N–H and O–H groups in total. The lowest BCUT2D eigenvalue weighted by molar-refractivity contribution is -0.0498. The van der Waals surface area contributed by atoms with Crippen molar-refractivity contribution in [3.8, 4) is 5.75 Å². The van der Waals surface area contributed by atoms with E-state index in [-0.39, 0.29) is 17.8 Å². The molecule has 1 aliphatic rings. The zero-order valence-electron chi connectivity index (χ0n) is 16.5. The van der Waals surface area contributed by atoms with Gasteiger partial charge in [0.15, 0.2) is 0 Å². The number of hydrogen-bond donors (Lipinski definition) is 2. The molecule has 0 aliphatic carbocycles. The van der Waals surface area contributed by atoms with Crippen molar-refractivity contribution in [2.24, 2.45) is 0 Å². The van der Waals surface area contributed by atoms with E-state index in [1.807, 2.05) is 0 Å². The number of benzene rings is 2. The average Bonchev–Trinajstić information content (AvgIpc) is 2.70. The molecule has 7 heteroatoms. The molecule has 0 unspecified atom stereocenters. The summed E-state index contributed by atoms with van der Waals surface area (Å²) in [6.45, 7) is 2.46. The molecule has 0 bridgehead atoms. The largest absolute Gasteiger partial charge is 0.435 e. The standard InChI is InChI=1S/C22H27F2N3O2/c1-16-4-2-3-5-18(16)15-27-12-10-19(11-13-27)26-22(28)25-14-17-6-8-20(9-7-17)29-21(23)24/h2-9,19,21H,10-15H2,1H3,(H2,25,26,28). The zero-order valence-corrected chi connectivity index (χ0v) is 16.5. The lowest BCUT2D eigenvalue weighted by Crippen LogP contribution is -2.47. The zero-order chi connectivity index (χ0) is 20.6. The molecule has 3 rings (SSSR count). The number of urea groups is 1. The average molecular weight is 403 g/mol. The molecule has 2 amide bonds. The third-order valence-corrected chi connectivity index (χ3v) is 5.18. The molecule has 156 valence electrons. The molecule has 1 aliphatic heterocycles. The van der Waals surface area contributed by atoms with Crippen molar-refractivity contribution in [3.63, 3.8) is 0 Å². The minimum absolute atomic E-state index is 0.102. The van der Waals surface area contributed by atoms with E-state index in [2.05, 4.69) is 51.5 Å². The predicted molar refractivity (Wildman–Crippen MR) is 108 cm³/mol. The van der Waals surface area contributed by atoms with Gasteiger partial charge in [-0.05, 0) is 48.6 Å². The Morgan fingerprint density at radius 1 is 1.14 bits per heavy atom. The summed E-state index contributed by atoms with van der Waals surface area (Å²) in [6, 6.07) is 14.6. The van der Waals surface area contributed by atoms with E-state index in [1.54, 1.807) is 12.1 Å². The van der Waals surface area contributed by atoms with Crippen molar-refractivity contribution in [1.82, 2.24) is 15.5 Å². The van der Waals surface area contributed by atoms with E-state index in [0.717, 1.165) is 38.0 Å². The van der Waals surface area contributed by atoms with Crippen LogP contribution in [0.2, 0.25) is 0 Å². The van der Waals surface area contributed by atoms with Crippen LogP contribution in [-0.4, -0.2) is 36.7 Å². The van der Waals surface area contributed by atoms with E-state index in [4.69, 9.17) is 0 Å². The molecule has 0 aromatic heterocycles. The predicted octanol–water partition coefficient (Wildman–Crippen LogP) is 4.06. The van der Waals surface area contributed by atoms with Gasteiger partial charge in [0.1, 0.15) is 5.75 Å². The number of carbonyl (C=O) groups excluding carboxylic acids is 1. The third-order valence-electron chi connectivity index (χ3n) is 5.18. The second kappa shape index (κ2) is 10.2. The highest BCUT2D eigenvalue weighted by Gasteiger charge is 2.21. The number of piperidine rings is 1. The first-order chi connectivity index (χ1) is 14.0. The fourth-order valence-electron chi connectivity index (χ4n) is 3.47. The maximum absolute atomic E-state index is 12.2. The summed E-state index contributed by atoms with van der Waals surface area (Å²) in [5.74, 6) is 0.102. The Bertz CT molecular complexity index is 791. The number of aryl methyl sites for hydroxylation is 1. The van der Waals surface area contributed by atoms with E-state index >= 15 is 0 Å². The molecule has 1 fully saturated rings. The smallest absolute Gasteiger partial charge is 0.387 e. The van der Waals surface area contributed by atoms with Crippen molar-refractivity contribution in [2.45, 2.75) is 45.5 Å². The highest BCUT2D eigenvalue weighted by Crippen LogP contribution is 2.17. The normalized spacial score (nSPS) is 15.3. The Morgan fingerprint density at radius 3 is 2.48 bits per heavy atom. The van der Waals surface area contributed by atoms with Crippen molar-refractivity contribution in [2.75, 3.05) is 13.1 Å². The number of alkyl halides is 2. The molecule has 2 aromatic rings. The van der Waals surface area contributed by atoms with Gasteiger partial charge in [0.25, 0.3) is 0 Å². The number of rotatable bonds is 7. The molecule has 5 nitrogen and oxygen atoms in total. The van der Waals surface area contributed by atoms with Crippen LogP contribution >= 0.6 is 0 Å². The number of likely N-dealkylation sites (tertiary alicyclic amines) is 1. The van der Waals surface area contributed by atoms with Gasteiger partial charge in [-0.3, -0.25) is 4.90 Å². The summed E-state index contributed by atoms with van der Waals surface area (Å²) in [4.78, 5) is 14.6. The second-order valence-corrected chi connectivity index (χ2v) is 7.33. The second-order valence-electron chi connectivity index (χ2n) is 7.33. The summed E-state index contributed by atoms with van der Waals surface area (Å²) in [5.41, 5.74) is 3.47. The Hall–Kier alpha value is -2.67. The quantitative estimate of drug-likeness (QED) is 0.733. The Balaban J connectivity index is 1.37. The van der Waals surface area contributed by atoms with Gasteiger partial charge in [-0.15, -0.1) is 0 Å². The molecular weight excluding hydrogens is 376 g/mol. The number of nitrogens with zero attached hydrogens (tertiary/aromatic N) is 1. The van der Waals surface area contributed by atoms with Gasteiger partial charge in [0.2, 0.25) is 0 Å². The van der Waals surface area contributed by atoms with Crippen LogP contribution in [0.1, 0.15) is 29.5 Å². The molecule has 0 atom stereocenters. The summed E-state index contributed by atoms with van der Waals surface area (Å²) in [6.07, 6.45) is 1.83. The molecule has 0 saturated carbocycles. The van der Waals surface area contributed by atoms with Crippen LogP contribution in [0.15, 0.2) is 48.5 Å². The number of nitrogens with one attached hydrogen (secondary N) is 2. The fraction of sp³-hybridized carbons (Fsp3) is 0.409. The Labute approximate surface area is 170 Å². The summed E-state index contributed by atoms with van der Waals surface area (Å²) < 4.78 is 28.6. The summed E-state index contributed by atoms with van der Waals surface area (Å²) in [5, 5.41) is 5.83. The maximum Gasteiger partial charge on any atom is 0.387 e. The first-order valence-corrected chi connectivity index (χ1v) is 9.84. The molecule has 2 aromatic carbocycles. The van der Waals surface area contributed by atoms with Crippen LogP contribution in [0, 0.1) is 6.92 Å². The lowest BCUT2D eigenvalue weighted by Gasteiger charge is -2.32. The molecule has 0 radical (unpaired) electrons. The van der Waals surface area contributed by atoms with Gasteiger partial charge in [0, 0.05) is 32.2 Å². The minimum atomic E-state index is -2.84. The summed E-state index contributed by atoms with van der Waals surface area (Å²) >= 11 is 0. The van der Waals surface area contributed by atoms with Crippen LogP contribution in [0.4, 0.5) is 13.6 Å². The maximum atomic E-state index is 12.2. The van der Waals surface area contributed by atoms with Crippen molar-refractivity contribution in [1.29, 1.82) is 0 Å². The highest BCUT2D eigenvalue weighted by molar-refractivity contribution is 5.74. The van der Waals surface area contributed by atoms with E-state index < -0.39 is 6.61 Å². The Morgan fingerprint density at radius 2 is 1.83 bits per heavy atom. The van der Waals surface area contributed by atoms with E-state index in [9.17, 15) is 13.6 Å². The fourth-order valence-corrected chi connectivity index (χ4v) is 3.47. The van der Waals surface area contributed by atoms with Gasteiger partial charge >= 0.3 is 12.6 Å². The number of ether oxygens (including phenoxy) is 1. The highest BCUT2D eigenvalue weighted by atomic mass is 19.3. The van der Waals surface area contributed by atoms with Gasteiger partial charge in [-0.1, -0.05) is 36.4 Å². The van der Waals surface area contributed by atoms with Crippen molar-refractivity contribution in [3.05, 3.63) is 65.2 Å². The molecule has 29 heavy (non-hydrogen) atoms. The van der Waals surface area contributed by atoms with Crippen molar-refractivity contribution < 1.29 is 18.3 Å². The molecular formula is C22H27F2N3O2.